The summed E-state index contributed by atoms with van der Waals surface area (Å²) in [4.78, 5) is 3.83. The molecule has 2 rings (SSSR count). The topological polar surface area (TPSA) is 45.1 Å². The highest BCUT2D eigenvalue weighted by Crippen LogP contribution is 2.30. The standard InChI is InChI=1S/C11H13F3N2O/c12-11(13,14)7-4-5-15-10(6-7)16-8-2-1-3-9(8)17/h4-6,8-9,17H,1-3H2,(H,15,16). The molecule has 0 amide bonds. The molecule has 2 unspecified atom stereocenters. The highest BCUT2D eigenvalue weighted by atomic mass is 19.4. The molecule has 6 heteroatoms. The van der Waals surface area contributed by atoms with Crippen LogP contribution in [0, 0.1) is 0 Å². The Morgan fingerprint density at radius 2 is 2.12 bits per heavy atom. The van der Waals surface area contributed by atoms with Crippen molar-refractivity contribution in [2.75, 3.05) is 5.32 Å². The number of nitrogens with zero attached hydrogens (tertiary/aromatic N) is 1. The lowest BCUT2D eigenvalue weighted by Crippen LogP contribution is -2.28. The van der Waals surface area contributed by atoms with Crippen molar-refractivity contribution in [3.63, 3.8) is 0 Å². The average molecular weight is 246 g/mol. The molecule has 2 atom stereocenters. The lowest BCUT2D eigenvalue weighted by atomic mass is 10.2. The number of rotatable bonds is 2. The smallest absolute Gasteiger partial charge is 0.391 e. The zero-order chi connectivity index (χ0) is 12.5. The van der Waals surface area contributed by atoms with Crippen molar-refractivity contribution in [1.82, 2.24) is 4.98 Å². The zero-order valence-corrected chi connectivity index (χ0v) is 9.04. The Hall–Kier alpha value is -1.30. The van der Waals surface area contributed by atoms with Gasteiger partial charge >= 0.3 is 6.18 Å². The molecule has 0 aromatic carbocycles. The van der Waals surface area contributed by atoms with E-state index in [-0.39, 0.29) is 11.9 Å². The average Bonchev–Trinajstić information content (AvgIpc) is 2.64. The van der Waals surface area contributed by atoms with E-state index in [1.807, 2.05) is 0 Å². The fourth-order valence-corrected chi connectivity index (χ4v) is 1.98. The van der Waals surface area contributed by atoms with Crippen molar-refractivity contribution in [2.45, 2.75) is 37.6 Å². The maximum Gasteiger partial charge on any atom is 0.416 e. The van der Waals surface area contributed by atoms with Crippen molar-refractivity contribution in [1.29, 1.82) is 0 Å². The molecule has 1 fully saturated rings. The van der Waals surface area contributed by atoms with Gasteiger partial charge in [-0.1, -0.05) is 0 Å². The molecule has 0 bridgehead atoms. The first kappa shape index (κ1) is 12.2. The zero-order valence-electron chi connectivity index (χ0n) is 9.04. The quantitative estimate of drug-likeness (QED) is 0.842. The van der Waals surface area contributed by atoms with Gasteiger partial charge in [-0.3, -0.25) is 0 Å². The fourth-order valence-electron chi connectivity index (χ4n) is 1.98. The Morgan fingerprint density at radius 3 is 2.71 bits per heavy atom. The van der Waals surface area contributed by atoms with Crippen molar-refractivity contribution < 1.29 is 18.3 Å². The second-order valence-electron chi connectivity index (χ2n) is 4.18. The van der Waals surface area contributed by atoms with Gasteiger partial charge in [-0.25, -0.2) is 4.98 Å². The van der Waals surface area contributed by atoms with Crippen LogP contribution >= 0.6 is 0 Å². The summed E-state index contributed by atoms with van der Waals surface area (Å²) in [6.45, 7) is 0. The number of aliphatic hydroxyl groups is 1. The molecule has 0 spiro atoms. The van der Waals surface area contributed by atoms with Crippen LogP contribution in [0.15, 0.2) is 18.3 Å². The van der Waals surface area contributed by atoms with Crippen LogP contribution in [0.2, 0.25) is 0 Å². The van der Waals surface area contributed by atoms with E-state index >= 15 is 0 Å². The lowest BCUT2D eigenvalue weighted by molar-refractivity contribution is -0.137. The van der Waals surface area contributed by atoms with Crippen LogP contribution in [0.3, 0.4) is 0 Å². The van der Waals surface area contributed by atoms with Crippen LogP contribution in [-0.4, -0.2) is 22.2 Å². The van der Waals surface area contributed by atoms with Crippen LogP contribution in [-0.2, 0) is 6.18 Å². The molecule has 1 saturated carbocycles. The fraction of sp³-hybridized carbons (Fsp3) is 0.545. The number of aromatic nitrogens is 1. The number of pyridine rings is 1. The van der Waals surface area contributed by atoms with Gasteiger partial charge < -0.3 is 10.4 Å². The van der Waals surface area contributed by atoms with Gasteiger partial charge in [-0.05, 0) is 31.4 Å². The summed E-state index contributed by atoms with van der Waals surface area (Å²) in [6, 6.07) is 1.69. The molecule has 1 aliphatic rings. The Labute approximate surface area is 96.7 Å². The highest BCUT2D eigenvalue weighted by Gasteiger charge is 2.31. The summed E-state index contributed by atoms with van der Waals surface area (Å²) in [5, 5.41) is 12.4. The summed E-state index contributed by atoms with van der Waals surface area (Å²) >= 11 is 0. The van der Waals surface area contributed by atoms with Crippen molar-refractivity contribution in [3.05, 3.63) is 23.9 Å². The van der Waals surface area contributed by atoms with E-state index in [0.29, 0.717) is 6.42 Å². The van der Waals surface area contributed by atoms with Gasteiger partial charge in [0, 0.05) is 6.20 Å². The van der Waals surface area contributed by atoms with Gasteiger partial charge in [0.25, 0.3) is 0 Å². The van der Waals surface area contributed by atoms with Gasteiger partial charge in [0.15, 0.2) is 0 Å². The number of hydrogen-bond donors (Lipinski definition) is 2. The molecule has 1 aliphatic carbocycles. The third-order valence-electron chi connectivity index (χ3n) is 2.90. The molecule has 3 nitrogen and oxygen atoms in total. The van der Waals surface area contributed by atoms with E-state index in [1.165, 1.54) is 0 Å². The van der Waals surface area contributed by atoms with Gasteiger partial charge in [0.1, 0.15) is 5.82 Å². The Bertz CT molecular complexity index is 395. The van der Waals surface area contributed by atoms with E-state index in [9.17, 15) is 18.3 Å². The minimum absolute atomic E-state index is 0.158. The Balaban J connectivity index is 2.11. The summed E-state index contributed by atoms with van der Waals surface area (Å²) in [5.41, 5.74) is -0.734. The molecule has 1 aromatic rings. The first-order valence-corrected chi connectivity index (χ1v) is 5.44. The predicted molar refractivity (Wildman–Crippen MR) is 56.5 cm³/mol. The second kappa shape index (κ2) is 4.52. The molecule has 1 aromatic heterocycles. The molecular formula is C11H13F3N2O. The number of aliphatic hydroxyl groups excluding tert-OH is 1. The minimum Gasteiger partial charge on any atom is -0.391 e. The second-order valence-corrected chi connectivity index (χ2v) is 4.18. The maximum atomic E-state index is 12.5. The summed E-state index contributed by atoms with van der Waals surface area (Å²) in [7, 11) is 0. The van der Waals surface area contributed by atoms with E-state index in [4.69, 9.17) is 0 Å². The van der Waals surface area contributed by atoms with Crippen molar-refractivity contribution in [2.24, 2.45) is 0 Å². The monoisotopic (exact) mass is 246 g/mol. The molecule has 2 N–H and O–H groups in total. The van der Waals surface area contributed by atoms with Crippen molar-refractivity contribution >= 4 is 5.82 Å². The Morgan fingerprint density at radius 1 is 1.35 bits per heavy atom. The lowest BCUT2D eigenvalue weighted by Gasteiger charge is -2.17. The molecule has 0 aliphatic heterocycles. The van der Waals surface area contributed by atoms with Gasteiger partial charge in [-0.15, -0.1) is 0 Å². The van der Waals surface area contributed by atoms with E-state index in [1.54, 1.807) is 0 Å². The molecule has 1 heterocycles. The number of nitrogens with one attached hydrogen (secondary N) is 1. The maximum absolute atomic E-state index is 12.5. The van der Waals surface area contributed by atoms with Gasteiger partial charge in [0.05, 0.1) is 17.7 Å². The van der Waals surface area contributed by atoms with Crippen LogP contribution in [0.1, 0.15) is 24.8 Å². The SMILES string of the molecule is OC1CCCC1Nc1cc(C(F)(F)F)ccn1. The van der Waals surface area contributed by atoms with Gasteiger partial charge in [0.2, 0.25) is 0 Å². The van der Waals surface area contributed by atoms with Gasteiger partial charge in [-0.2, -0.15) is 13.2 Å². The van der Waals surface area contributed by atoms with Crippen LogP contribution in [0.5, 0.6) is 0 Å². The number of anilines is 1. The first-order valence-electron chi connectivity index (χ1n) is 5.44. The molecular weight excluding hydrogens is 233 g/mol. The van der Waals surface area contributed by atoms with E-state index in [0.717, 1.165) is 31.2 Å². The number of alkyl halides is 3. The third-order valence-corrected chi connectivity index (χ3v) is 2.90. The van der Waals surface area contributed by atoms with Crippen LogP contribution in [0.25, 0.3) is 0 Å². The largest absolute Gasteiger partial charge is 0.416 e. The summed E-state index contributed by atoms with van der Waals surface area (Å²) in [5.74, 6) is 0.158. The van der Waals surface area contributed by atoms with Crippen molar-refractivity contribution in [3.8, 4) is 0 Å². The summed E-state index contributed by atoms with van der Waals surface area (Å²) < 4.78 is 37.4. The Kier molecular flexibility index (Phi) is 3.24. The highest BCUT2D eigenvalue weighted by molar-refractivity contribution is 5.40. The molecule has 0 radical (unpaired) electrons. The normalized spacial score (nSPS) is 24.9. The van der Waals surface area contributed by atoms with Crippen LogP contribution in [0.4, 0.5) is 19.0 Å². The third kappa shape index (κ3) is 2.88. The van der Waals surface area contributed by atoms with E-state index < -0.39 is 17.8 Å². The molecule has 17 heavy (non-hydrogen) atoms. The number of hydrogen-bond acceptors (Lipinski definition) is 3. The molecule has 94 valence electrons. The first-order chi connectivity index (χ1) is 7.97. The molecule has 0 saturated heterocycles. The summed E-state index contributed by atoms with van der Waals surface area (Å²) in [6.07, 6.45) is -1.46. The predicted octanol–water partition coefficient (Wildman–Crippen LogP) is 2.43. The van der Waals surface area contributed by atoms with Crippen LogP contribution < -0.4 is 5.32 Å². The van der Waals surface area contributed by atoms with E-state index in [2.05, 4.69) is 10.3 Å². The minimum atomic E-state index is -4.37. The number of halogens is 3.